The van der Waals surface area contributed by atoms with Crippen molar-refractivity contribution >= 4 is 39.7 Å². The highest BCUT2D eigenvalue weighted by Gasteiger charge is 2.24. The third-order valence-electron chi connectivity index (χ3n) is 5.22. The minimum absolute atomic E-state index is 0.00206. The molecule has 36 heavy (non-hydrogen) atoms. The Balaban J connectivity index is 1.56. The molecule has 0 spiro atoms. The molecular formula is C24H27F2N5O4S. The molecule has 6 N–H and O–H groups in total. The minimum Gasteiger partial charge on any atom is -0.395 e. The first-order chi connectivity index (χ1) is 17.3. The third kappa shape index (κ3) is 7.04. The van der Waals surface area contributed by atoms with Crippen molar-refractivity contribution in [2.24, 2.45) is 0 Å². The van der Waals surface area contributed by atoms with Crippen LogP contribution < -0.4 is 16.4 Å². The summed E-state index contributed by atoms with van der Waals surface area (Å²) in [5.41, 5.74) is 6.14. The Morgan fingerprint density at radius 3 is 2.25 bits per heavy atom. The van der Waals surface area contributed by atoms with Crippen molar-refractivity contribution in [3.63, 3.8) is 0 Å². The van der Waals surface area contributed by atoms with Crippen molar-refractivity contribution in [1.29, 1.82) is 0 Å². The summed E-state index contributed by atoms with van der Waals surface area (Å²) in [6.45, 7) is 2.00. The maximum atomic E-state index is 14.0. The topological polar surface area (TPSA) is 141 Å². The fourth-order valence-electron chi connectivity index (χ4n) is 3.43. The predicted molar refractivity (Wildman–Crippen MR) is 134 cm³/mol. The molecule has 1 amide bonds. The van der Waals surface area contributed by atoms with Crippen LogP contribution in [0.15, 0.2) is 42.5 Å². The van der Waals surface area contributed by atoms with E-state index < -0.39 is 23.0 Å². The first kappa shape index (κ1) is 27.1. The van der Waals surface area contributed by atoms with Gasteiger partial charge in [0, 0.05) is 30.9 Å². The normalized spacial score (nSPS) is 11.0. The number of hydrogen-bond acceptors (Lipinski definition) is 9. The Morgan fingerprint density at radius 2 is 1.64 bits per heavy atom. The van der Waals surface area contributed by atoms with Crippen molar-refractivity contribution < 1.29 is 28.6 Å². The van der Waals surface area contributed by atoms with Crippen LogP contribution in [0.4, 0.5) is 25.4 Å². The molecule has 12 heteroatoms. The van der Waals surface area contributed by atoms with Gasteiger partial charge in [-0.3, -0.25) is 14.5 Å². The van der Waals surface area contributed by atoms with Crippen LogP contribution >= 0.6 is 11.3 Å². The Hall–Kier alpha value is -3.45. The molecule has 192 valence electrons. The zero-order valence-electron chi connectivity index (χ0n) is 19.3. The van der Waals surface area contributed by atoms with Crippen LogP contribution in [-0.2, 0) is 0 Å². The number of ketones is 1. The number of halogens is 2. The SMILES string of the molecule is Nc1nc(Nc2ccc(C(=O)NCCCN(CCO)CCO)cc2)sc1C(=O)c1c(F)cccc1F. The molecule has 3 aromatic rings. The zero-order valence-corrected chi connectivity index (χ0v) is 20.2. The van der Waals surface area contributed by atoms with Crippen LogP contribution in [0.2, 0.25) is 0 Å². The van der Waals surface area contributed by atoms with Crippen LogP contribution in [0, 0.1) is 11.6 Å². The second-order valence-electron chi connectivity index (χ2n) is 7.76. The van der Waals surface area contributed by atoms with E-state index in [0.29, 0.717) is 43.9 Å². The quantitative estimate of drug-likeness (QED) is 0.171. The van der Waals surface area contributed by atoms with Crippen LogP contribution in [0.25, 0.3) is 0 Å². The highest BCUT2D eigenvalue weighted by molar-refractivity contribution is 7.18. The van der Waals surface area contributed by atoms with E-state index in [0.717, 1.165) is 23.5 Å². The monoisotopic (exact) mass is 519 g/mol. The maximum absolute atomic E-state index is 14.0. The number of hydrogen-bond donors (Lipinski definition) is 5. The molecule has 1 heterocycles. The first-order valence-corrected chi connectivity index (χ1v) is 12.0. The lowest BCUT2D eigenvalue weighted by atomic mass is 10.1. The Morgan fingerprint density at radius 1 is 1.00 bits per heavy atom. The number of aliphatic hydroxyl groups excluding tert-OH is 2. The van der Waals surface area contributed by atoms with Gasteiger partial charge in [0.25, 0.3) is 5.91 Å². The van der Waals surface area contributed by atoms with E-state index in [1.165, 1.54) is 6.07 Å². The van der Waals surface area contributed by atoms with Crippen LogP contribution in [0.3, 0.4) is 0 Å². The molecule has 9 nitrogen and oxygen atoms in total. The van der Waals surface area contributed by atoms with E-state index in [1.54, 1.807) is 24.3 Å². The number of aliphatic hydroxyl groups is 2. The van der Waals surface area contributed by atoms with Gasteiger partial charge in [0.1, 0.15) is 22.3 Å². The van der Waals surface area contributed by atoms with Crippen molar-refractivity contribution in [3.05, 3.63) is 70.1 Å². The summed E-state index contributed by atoms with van der Waals surface area (Å²) in [5, 5.41) is 24.1. The first-order valence-electron chi connectivity index (χ1n) is 11.2. The molecular weight excluding hydrogens is 492 g/mol. The lowest BCUT2D eigenvalue weighted by Gasteiger charge is -2.19. The minimum atomic E-state index is -0.983. The highest BCUT2D eigenvalue weighted by Crippen LogP contribution is 2.31. The number of aromatic nitrogens is 1. The Kier molecular flexibility index (Phi) is 9.82. The van der Waals surface area contributed by atoms with Crippen molar-refractivity contribution in [2.45, 2.75) is 6.42 Å². The standard InChI is InChI=1S/C24H27F2N5O4S/c25-17-3-1-4-18(26)19(17)20(34)21-22(27)30-24(36-21)29-16-7-5-15(6-8-16)23(35)28-9-2-10-31(11-13-32)12-14-33/h1,3-8,32-33H,2,9-14,27H2,(H,28,35)(H,29,30). The van der Waals surface area contributed by atoms with E-state index >= 15 is 0 Å². The van der Waals surface area contributed by atoms with Gasteiger partial charge in [0.2, 0.25) is 5.78 Å². The molecule has 0 unspecified atom stereocenters. The molecule has 0 fully saturated rings. The summed E-state index contributed by atoms with van der Waals surface area (Å²) in [4.78, 5) is 30.9. The van der Waals surface area contributed by atoms with Gasteiger partial charge in [-0.2, -0.15) is 0 Å². The summed E-state index contributed by atoms with van der Waals surface area (Å²) >= 11 is 0.863. The van der Waals surface area contributed by atoms with Crippen LogP contribution in [0.5, 0.6) is 0 Å². The zero-order chi connectivity index (χ0) is 26.1. The Bertz CT molecular complexity index is 1160. The van der Waals surface area contributed by atoms with Gasteiger partial charge >= 0.3 is 0 Å². The fraction of sp³-hybridized carbons (Fsp3) is 0.292. The molecule has 0 aliphatic carbocycles. The van der Waals surface area contributed by atoms with Gasteiger partial charge in [-0.25, -0.2) is 13.8 Å². The number of nitrogens with two attached hydrogens (primary N) is 1. The number of nitrogen functional groups attached to an aromatic ring is 1. The van der Waals surface area contributed by atoms with Crippen molar-refractivity contribution in [3.8, 4) is 0 Å². The molecule has 0 saturated carbocycles. The smallest absolute Gasteiger partial charge is 0.251 e. The van der Waals surface area contributed by atoms with Gasteiger partial charge in [-0.05, 0) is 49.4 Å². The van der Waals surface area contributed by atoms with Crippen molar-refractivity contribution in [1.82, 2.24) is 15.2 Å². The number of nitrogens with zero attached hydrogens (tertiary/aromatic N) is 2. The number of carbonyl (C=O) groups is 2. The van der Waals surface area contributed by atoms with E-state index in [1.807, 2.05) is 4.90 Å². The second-order valence-corrected chi connectivity index (χ2v) is 8.76. The number of benzene rings is 2. The van der Waals surface area contributed by atoms with Crippen LogP contribution in [-0.4, -0.2) is 71.2 Å². The number of anilines is 3. The van der Waals surface area contributed by atoms with E-state index in [2.05, 4.69) is 15.6 Å². The molecule has 1 aromatic heterocycles. The van der Waals surface area contributed by atoms with Gasteiger partial charge < -0.3 is 26.6 Å². The molecule has 2 aromatic carbocycles. The summed E-state index contributed by atoms with van der Waals surface area (Å²) in [7, 11) is 0. The molecule has 0 saturated heterocycles. The summed E-state index contributed by atoms with van der Waals surface area (Å²) in [6.07, 6.45) is 0.661. The summed E-state index contributed by atoms with van der Waals surface area (Å²) in [5.74, 6) is -3.26. The van der Waals surface area contributed by atoms with Gasteiger partial charge in [0.05, 0.1) is 18.8 Å². The number of thiazole rings is 1. The second kappa shape index (κ2) is 13.0. The molecule has 0 aliphatic heterocycles. The molecule has 0 radical (unpaired) electrons. The highest BCUT2D eigenvalue weighted by atomic mass is 32.1. The third-order valence-corrected chi connectivity index (χ3v) is 6.20. The van der Waals surface area contributed by atoms with Gasteiger partial charge in [-0.1, -0.05) is 17.4 Å². The predicted octanol–water partition coefficient (Wildman–Crippen LogP) is 2.38. The van der Waals surface area contributed by atoms with E-state index in [9.17, 15) is 18.4 Å². The average Bonchev–Trinajstić information content (AvgIpc) is 3.22. The van der Waals surface area contributed by atoms with Crippen LogP contribution in [0.1, 0.15) is 32.0 Å². The molecule has 0 bridgehead atoms. The van der Waals surface area contributed by atoms with Gasteiger partial charge in [0.15, 0.2) is 5.13 Å². The Labute approximate surface area is 210 Å². The number of rotatable bonds is 13. The number of amides is 1. The summed E-state index contributed by atoms with van der Waals surface area (Å²) in [6, 6.07) is 9.67. The lowest BCUT2D eigenvalue weighted by molar-refractivity contribution is 0.0948. The molecule has 0 aliphatic rings. The fourth-order valence-corrected chi connectivity index (χ4v) is 4.28. The number of nitrogens with one attached hydrogen (secondary N) is 2. The molecule has 3 rings (SSSR count). The van der Waals surface area contributed by atoms with Crippen molar-refractivity contribution in [2.75, 3.05) is 50.4 Å². The maximum Gasteiger partial charge on any atom is 0.251 e. The molecule has 0 atom stereocenters. The summed E-state index contributed by atoms with van der Waals surface area (Å²) < 4.78 is 28.0. The average molecular weight is 520 g/mol. The lowest BCUT2D eigenvalue weighted by Crippen LogP contribution is -2.33. The van der Waals surface area contributed by atoms with E-state index in [4.69, 9.17) is 15.9 Å². The van der Waals surface area contributed by atoms with Gasteiger partial charge in [-0.15, -0.1) is 0 Å². The number of carbonyl (C=O) groups excluding carboxylic acids is 2. The largest absolute Gasteiger partial charge is 0.395 e. The van der Waals surface area contributed by atoms with E-state index in [-0.39, 0.29) is 34.9 Å².